The van der Waals surface area contributed by atoms with Gasteiger partial charge in [0.15, 0.2) is 0 Å². The summed E-state index contributed by atoms with van der Waals surface area (Å²) in [7, 11) is 0. The molecule has 176 valence electrons. The van der Waals surface area contributed by atoms with Crippen molar-refractivity contribution in [3.05, 3.63) is 89.6 Å². The second kappa shape index (κ2) is 10.1. The summed E-state index contributed by atoms with van der Waals surface area (Å²) in [6.07, 6.45) is 2.42. The average molecular weight is 463 g/mol. The molecule has 1 heterocycles. The largest absolute Gasteiger partial charge is 0.415 e. The number of hydrogen-bond acceptors (Lipinski definition) is 2. The molecule has 3 aromatic carbocycles. The Morgan fingerprint density at radius 2 is 1.53 bits per heavy atom. The maximum absolute atomic E-state index is 14.1. The Morgan fingerprint density at radius 3 is 2.15 bits per heavy atom. The first-order valence-corrected chi connectivity index (χ1v) is 11.6. The number of hydrogen-bond donors (Lipinski definition) is 0. The van der Waals surface area contributed by atoms with Gasteiger partial charge in [0, 0.05) is 48.4 Å². The summed E-state index contributed by atoms with van der Waals surface area (Å²) in [5, 5.41) is 0.750. The second-order valence-electron chi connectivity index (χ2n) is 8.18. The van der Waals surface area contributed by atoms with Gasteiger partial charge in [-0.2, -0.15) is 0 Å². The van der Waals surface area contributed by atoms with E-state index in [2.05, 4.69) is 35.8 Å². The maximum Gasteiger partial charge on any atom is 0.415 e. The van der Waals surface area contributed by atoms with Crippen molar-refractivity contribution >= 4 is 17.0 Å². The summed E-state index contributed by atoms with van der Waals surface area (Å²) in [5.74, 6) is -1.12. The van der Waals surface area contributed by atoms with Crippen molar-refractivity contribution in [2.75, 3.05) is 13.1 Å². The van der Waals surface area contributed by atoms with Crippen LogP contribution in [0.2, 0.25) is 0 Å². The lowest BCUT2D eigenvalue weighted by molar-refractivity contribution is 0.157. The molecule has 0 saturated carbocycles. The van der Waals surface area contributed by atoms with E-state index in [9.17, 15) is 13.6 Å². The zero-order valence-corrected chi connectivity index (χ0v) is 19.6. The van der Waals surface area contributed by atoms with Crippen LogP contribution in [0.15, 0.2) is 66.9 Å². The highest BCUT2D eigenvalue weighted by atomic mass is 19.1. The number of aromatic nitrogens is 1. The molecule has 6 heteroatoms. The highest BCUT2D eigenvalue weighted by Gasteiger charge is 2.20. The van der Waals surface area contributed by atoms with Crippen molar-refractivity contribution in [1.82, 2.24) is 9.47 Å². The molecule has 0 saturated heterocycles. The minimum absolute atomic E-state index is 0.263. The van der Waals surface area contributed by atoms with Crippen molar-refractivity contribution in [2.24, 2.45) is 0 Å². The van der Waals surface area contributed by atoms with Gasteiger partial charge in [0.1, 0.15) is 17.4 Å². The molecule has 1 amide bonds. The Labute approximate surface area is 198 Å². The number of ether oxygens (including phenoxy) is 1. The van der Waals surface area contributed by atoms with E-state index >= 15 is 0 Å². The van der Waals surface area contributed by atoms with Crippen molar-refractivity contribution in [3.63, 3.8) is 0 Å². The van der Waals surface area contributed by atoms with Gasteiger partial charge in [-0.05, 0) is 67.3 Å². The van der Waals surface area contributed by atoms with Gasteiger partial charge >= 0.3 is 6.09 Å². The van der Waals surface area contributed by atoms with E-state index < -0.39 is 17.7 Å². The summed E-state index contributed by atoms with van der Waals surface area (Å²) < 4.78 is 36.1. The maximum atomic E-state index is 14.1. The fourth-order valence-corrected chi connectivity index (χ4v) is 4.19. The van der Waals surface area contributed by atoms with E-state index in [1.165, 1.54) is 17.7 Å². The van der Waals surface area contributed by atoms with E-state index in [1.807, 2.05) is 32.2 Å². The van der Waals surface area contributed by atoms with E-state index in [-0.39, 0.29) is 5.75 Å². The molecule has 0 aliphatic heterocycles. The lowest BCUT2D eigenvalue weighted by Gasteiger charge is -2.20. The number of halogens is 2. The fourth-order valence-electron chi connectivity index (χ4n) is 4.19. The van der Waals surface area contributed by atoms with Crippen molar-refractivity contribution in [1.29, 1.82) is 0 Å². The number of fused-ring (bicyclic) bond motifs is 1. The summed E-state index contributed by atoms with van der Waals surface area (Å²) >= 11 is 0. The molecule has 0 N–H and O–H groups in total. The Morgan fingerprint density at radius 1 is 0.882 bits per heavy atom. The van der Waals surface area contributed by atoms with E-state index in [1.54, 1.807) is 11.0 Å². The lowest BCUT2D eigenvalue weighted by Crippen LogP contribution is -2.33. The monoisotopic (exact) mass is 462 g/mol. The van der Waals surface area contributed by atoms with Crippen LogP contribution in [0.25, 0.3) is 22.0 Å². The molecule has 34 heavy (non-hydrogen) atoms. The standard InChI is InChI=1S/C28H28F2N2O2/c1-4-19-7-9-20(10-8-19)18-32-14-13-24-25(32)11-12-26(34-28(33)31(5-2)6-3)27(24)21-15-22(29)17-23(30)16-21/h7-17H,4-6,18H2,1-3H3. The Bertz CT molecular complexity index is 1290. The number of carbonyl (C=O) groups excluding carboxylic acids is 1. The van der Waals surface area contributed by atoms with Crippen LogP contribution in [0.3, 0.4) is 0 Å². The first-order chi connectivity index (χ1) is 16.4. The molecule has 0 bridgehead atoms. The van der Waals surface area contributed by atoms with E-state index in [4.69, 9.17) is 4.74 Å². The number of aryl methyl sites for hydroxylation is 1. The quantitative estimate of drug-likeness (QED) is 0.295. The van der Waals surface area contributed by atoms with Crippen LogP contribution in [0.1, 0.15) is 31.9 Å². The van der Waals surface area contributed by atoms with Gasteiger partial charge in [0.05, 0.1) is 0 Å². The molecule has 0 spiro atoms. The van der Waals surface area contributed by atoms with Crippen LogP contribution < -0.4 is 4.74 Å². The number of nitrogens with zero attached hydrogens (tertiary/aromatic N) is 2. The molecule has 4 rings (SSSR count). The SMILES string of the molecule is CCc1ccc(Cn2ccc3c(-c4cc(F)cc(F)c4)c(OC(=O)N(CC)CC)ccc32)cc1. The molecule has 0 atom stereocenters. The first-order valence-electron chi connectivity index (χ1n) is 11.6. The fraction of sp³-hybridized carbons (Fsp3) is 0.250. The predicted molar refractivity (Wildman–Crippen MR) is 131 cm³/mol. The van der Waals surface area contributed by atoms with E-state index in [0.717, 1.165) is 29.0 Å². The van der Waals surface area contributed by atoms with Crippen LogP contribution >= 0.6 is 0 Å². The van der Waals surface area contributed by atoms with Gasteiger partial charge in [-0.25, -0.2) is 13.6 Å². The Kier molecular flexibility index (Phi) is 6.96. The summed E-state index contributed by atoms with van der Waals surface area (Å²) in [6.45, 7) is 7.48. The third kappa shape index (κ3) is 4.81. The van der Waals surface area contributed by atoms with Gasteiger partial charge in [-0.3, -0.25) is 0 Å². The van der Waals surface area contributed by atoms with E-state index in [0.29, 0.717) is 30.8 Å². The van der Waals surface area contributed by atoms with Gasteiger partial charge in [0.2, 0.25) is 0 Å². The molecule has 1 aromatic heterocycles. The molecule has 4 aromatic rings. The van der Waals surface area contributed by atoms with Crippen molar-refractivity contribution < 1.29 is 18.3 Å². The van der Waals surface area contributed by atoms with Crippen LogP contribution in [0.4, 0.5) is 13.6 Å². The molecule has 0 aliphatic rings. The number of rotatable bonds is 7. The summed E-state index contributed by atoms with van der Waals surface area (Å²) in [6, 6.07) is 17.2. The normalized spacial score (nSPS) is 11.1. The lowest BCUT2D eigenvalue weighted by atomic mass is 10.00. The van der Waals surface area contributed by atoms with Crippen LogP contribution in [0.5, 0.6) is 5.75 Å². The zero-order chi connectivity index (χ0) is 24.2. The second-order valence-corrected chi connectivity index (χ2v) is 8.18. The Balaban J connectivity index is 1.81. The summed E-state index contributed by atoms with van der Waals surface area (Å²) in [5.41, 5.74) is 4.09. The smallest absolute Gasteiger partial charge is 0.410 e. The number of carbonyl (C=O) groups is 1. The minimum Gasteiger partial charge on any atom is -0.410 e. The summed E-state index contributed by atoms with van der Waals surface area (Å²) in [4.78, 5) is 14.2. The molecule has 0 aliphatic carbocycles. The van der Waals surface area contributed by atoms with Gasteiger partial charge in [-0.1, -0.05) is 31.2 Å². The third-order valence-electron chi connectivity index (χ3n) is 6.07. The third-order valence-corrected chi connectivity index (χ3v) is 6.07. The topological polar surface area (TPSA) is 34.5 Å². The highest BCUT2D eigenvalue weighted by molar-refractivity contribution is 5.99. The predicted octanol–water partition coefficient (Wildman–Crippen LogP) is 7.04. The van der Waals surface area contributed by atoms with Gasteiger partial charge in [-0.15, -0.1) is 0 Å². The van der Waals surface area contributed by atoms with Crippen LogP contribution in [-0.4, -0.2) is 28.6 Å². The first kappa shape index (κ1) is 23.5. The molecular weight excluding hydrogens is 434 g/mol. The average Bonchev–Trinajstić information content (AvgIpc) is 3.22. The molecular formula is C28H28F2N2O2. The van der Waals surface area contributed by atoms with Crippen LogP contribution in [-0.2, 0) is 13.0 Å². The number of benzene rings is 3. The Hall–Kier alpha value is -3.67. The zero-order valence-electron chi connectivity index (χ0n) is 19.6. The van der Waals surface area contributed by atoms with Crippen molar-refractivity contribution in [3.8, 4) is 16.9 Å². The van der Waals surface area contributed by atoms with Crippen molar-refractivity contribution in [2.45, 2.75) is 33.7 Å². The van der Waals surface area contributed by atoms with Gasteiger partial charge in [0.25, 0.3) is 0 Å². The number of amides is 1. The molecule has 4 nitrogen and oxygen atoms in total. The van der Waals surface area contributed by atoms with Gasteiger partial charge < -0.3 is 14.2 Å². The molecule has 0 radical (unpaired) electrons. The molecule has 0 fully saturated rings. The molecule has 0 unspecified atom stereocenters. The highest BCUT2D eigenvalue weighted by Crippen LogP contribution is 2.39. The van der Waals surface area contributed by atoms with Crippen LogP contribution in [0, 0.1) is 11.6 Å². The minimum atomic E-state index is -0.691.